The Morgan fingerprint density at radius 2 is 1.82 bits per heavy atom. The van der Waals surface area contributed by atoms with E-state index in [0.29, 0.717) is 19.0 Å². The molecule has 2 aromatic rings. The van der Waals surface area contributed by atoms with Gasteiger partial charge in [0.1, 0.15) is 11.5 Å². The van der Waals surface area contributed by atoms with Gasteiger partial charge in [-0.15, -0.1) is 0 Å². The van der Waals surface area contributed by atoms with Gasteiger partial charge in [-0.1, -0.05) is 44.2 Å². The molecule has 0 saturated carbocycles. The van der Waals surface area contributed by atoms with Crippen LogP contribution in [0.4, 0.5) is 0 Å². The van der Waals surface area contributed by atoms with Crippen LogP contribution < -0.4 is 9.47 Å². The number of hydrogen-bond donors (Lipinski definition) is 0. The van der Waals surface area contributed by atoms with Crippen molar-refractivity contribution in [3.05, 3.63) is 59.7 Å². The SMILES string of the molecule is COc1ccccc1[C@]1(CCN(Cc2ccc(OC(C)C)cc2)C(C)=O)CCO[C@@H](C(C)C)C1. The zero-order valence-corrected chi connectivity index (χ0v) is 21.7. The lowest BCUT2D eigenvalue weighted by molar-refractivity contribution is -0.130. The Balaban J connectivity index is 1.81. The number of carbonyl (C=O) groups is 1. The van der Waals surface area contributed by atoms with Crippen LogP contribution in [-0.4, -0.2) is 43.3 Å². The van der Waals surface area contributed by atoms with Crippen LogP contribution >= 0.6 is 0 Å². The summed E-state index contributed by atoms with van der Waals surface area (Å²) in [4.78, 5) is 14.6. The summed E-state index contributed by atoms with van der Waals surface area (Å²) >= 11 is 0. The predicted octanol–water partition coefficient (Wildman–Crippen LogP) is 5.99. The number of methoxy groups -OCH3 is 1. The second-order valence-corrected chi connectivity index (χ2v) is 10.1. The molecule has 0 aliphatic carbocycles. The third-order valence-corrected chi connectivity index (χ3v) is 6.90. The van der Waals surface area contributed by atoms with Crippen LogP contribution in [0.3, 0.4) is 0 Å². The van der Waals surface area contributed by atoms with Gasteiger partial charge in [-0.25, -0.2) is 0 Å². The maximum atomic E-state index is 12.6. The molecule has 34 heavy (non-hydrogen) atoms. The minimum atomic E-state index is -0.0948. The Bertz CT molecular complexity index is 924. The Labute approximate surface area is 205 Å². The quantitative estimate of drug-likeness (QED) is 0.430. The van der Waals surface area contributed by atoms with Crippen molar-refractivity contribution in [1.29, 1.82) is 0 Å². The molecule has 1 heterocycles. The van der Waals surface area contributed by atoms with Gasteiger partial charge in [0.05, 0.1) is 19.3 Å². The van der Waals surface area contributed by atoms with E-state index in [-0.39, 0.29) is 23.5 Å². The van der Waals surface area contributed by atoms with Crippen LogP contribution in [0.2, 0.25) is 0 Å². The van der Waals surface area contributed by atoms with Crippen molar-refractivity contribution in [1.82, 2.24) is 4.90 Å². The predicted molar refractivity (Wildman–Crippen MR) is 136 cm³/mol. The van der Waals surface area contributed by atoms with Crippen LogP contribution in [0.15, 0.2) is 48.5 Å². The highest BCUT2D eigenvalue weighted by Crippen LogP contribution is 2.45. The largest absolute Gasteiger partial charge is 0.496 e. The van der Waals surface area contributed by atoms with E-state index in [4.69, 9.17) is 14.2 Å². The topological polar surface area (TPSA) is 48.0 Å². The maximum Gasteiger partial charge on any atom is 0.219 e. The highest BCUT2D eigenvalue weighted by Gasteiger charge is 2.41. The molecule has 1 aliphatic heterocycles. The fraction of sp³-hybridized carbons (Fsp3) is 0.552. The molecule has 0 radical (unpaired) electrons. The summed E-state index contributed by atoms with van der Waals surface area (Å²) in [6.07, 6.45) is 3.05. The van der Waals surface area contributed by atoms with Crippen LogP contribution in [0, 0.1) is 5.92 Å². The number of carbonyl (C=O) groups excluding carboxylic acids is 1. The van der Waals surface area contributed by atoms with Gasteiger partial charge in [-0.3, -0.25) is 4.79 Å². The van der Waals surface area contributed by atoms with E-state index in [1.807, 2.05) is 55.1 Å². The molecule has 0 spiro atoms. The van der Waals surface area contributed by atoms with Crippen molar-refractivity contribution in [2.24, 2.45) is 5.92 Å². The van der Waals surface area contributed by atoms with E-state index in [0.717, 1.165) is 42.9 Å². The van der Waals surface area contributed by atoms with E-state index < -0.39 is 0 Å². The van der Waals surface area contributed by atoms with Crippen LogP contribution in [0.1, 0.15) is 65.0 Å². The Morgan fingerprint density at radius 3 is 2.44 bits per heavy atom. The summed E-state index contributed by atoms with van der Waals surface area (Å²) < 4.78 is 17.7. The third kappa shape index (κ3) is 6.53. The molecule has 2 atom stereocenters. The summed E-state index contributed by atoms with van der Waals surface area (Å²) in [7, 11) is 1.74. The Hall–Kier alpha value is -2.53. The molecule has 5 heteroatoms. The first kappa shape index (κ1) is 26.1. The van der Waals surface area contributed by atoms with Gasteiger partial charge in [-0.2, -0.15) is 0 Å². The van der Waals surface area contributed by atoms with Gasteiger partial charge in [0.15, 0.2) is 0 Å². The van der Waals surface area contributed by atoms with Crippen LogP contribution in [0.25, 0.3) is 0 Å². The molecule has 0 N–H and O–H groups in total. The average molecular weight is 468 g/mol. The van der Waals surface area contributed by atoms with Crippen molar-refractivity contribution in [2.75, 3.05) is 20.3 Å². The van der Waals surface area contributed by atoms with E-state index >= 15 is 0 Å². The number of benzene rings is 2. The highest BCUT2D eigenvalue weighted by atomic mass is 16.5. The lowest BCUT2D eigenvalue weighted by Gasteiger charge is -2.44. The minimum absolute atomic E-state index is 0.0881. The standard InChI is InChI=1S/C29H41NO4/c1-21(2)28-19-29(16-18-33-28,26-9-7-8-10-27(26)32-6)15-17-30(23(5)31)20-24-11-13-25(14-12-24)34-22(3)4/h7-14,21-22,28H,15-20H2,1-6H3/t28-,29-/m1/s1. The molecular weight excluding hydrogens is 426 g/mol. The third-order valence-electron chi connectivity index (χ3n) is 6.90. The fourth-order valence-corrected chi connectivity index (χ4v) is 4.93. The second-order valence-electron chi connectivity index (χ2n) is 10.1. The minimum Gasteiger partial charge on any atom is -0.496 e. The first-order valence-corrected chi connectivity index (χ1v) is 12.5. The van der Waals surface area contributed by atoms with Crippen molar-refractivity contribution in [3.63, 3.8) is 0 Å². The van der Waals surface area contributed by atoms with Crippen molar-refractivity contribution in [3.8, 4) is 11.5 Å². The summed E-state index contributed by atoms with van der Waals surface area (Å²) in [6, 6.07) is 16.4. The average Bonchev–Trinajstić information content (AvgIpc) is 2.82. The number of amides is 1. The number of ether oxygens (including phenoxy) is 3. The lowest BCUT2D eigenvalue weighted by Crippen LogP contribution is -2.43. The number of nitrogens with zero attached hydrogens (tertiary/aromatic N) is 1. The van der Waals surface area contributed by atoms with Crippen LogP contribution in [0.5, 0.6) is 11.5 Å². The summed E-state index contributed by atoms with van der Waals surface area (Å²) in [5, 5.41) is 0. The van der Waals surface area contributed by atoms with E-state index in [1.54, 1.807) is 14.0 Å². The molecule has 0 unspecified atom stereocenters. The smallest absolute Gasteiger partial charge is 0.219 e. The van der Waals surface area contributed by atoms with E-state index in [9.17, 15) is 4.79 Å². The van der Waals surface area contributed by atoms with Gasteiger partial charge < -0.3 is 19.1 Å². The van der Waals surface area contributed by atoms with Crippen molar-refractivity contribution in [2.45, 2.75) is 78.0 Å². The molecule has 0 aromatic heterocycles. The lowest BCUT2D eigenvalue weighted by atomic mass is 9.68. The molecule has 1 aliphatic rings. The molecule has 5 nitrogen and oxygen atoms in total. The van der Waals surface area contributed by atoms with Gasteiger partial charge in [0.2, 0.25) is 5.91 Å². The number of rotatable bonds is 10. The molecular formula is C29H41NO4. The molecule has 0 bridgehead atoms. The van der Waals surface area contributed by atoms with E-state index in [2.05, 4.69) is 26.0 Å². The summed E-state index contributed by atoms with van der Waals surface area (Å²) in [5.41, 5.74) is 2.23. The summed E-state index contributed by atoms with van der Waals surface area (Å²) in [5.74, 6) is 2.29. The van der Waals surface area contributed by atoms with E-state index in [1.165, 1.54) is 5.56 Å². The van der Waals surface area contributed by atoms with Crippen molar-refractivity contribution >= 4 is 5.91 Å². The van der Waals surface area contributed by atoms with Gasteiger partial charge >= 0.3 is 0 Å². The molecule has 1 saturated heterocycles. The van der Waals surface area contributed by atoms with Crippen LogP contribution in [-0.2, 0) is 21.5 Å². The molecule has 186 valence electrons. The fourth-order valence-electron chi connectivity index (χ4n) is 4.93. The molecule has 1 fully saturated rings. The normalized spacial score (nSPS) is 20.4. The zero-order chi connectivity index (χ0) is 24.7. The summed E-state index contributed by atoms with van der Waals surface area (Å²) in [6.45, 7) is 12.1. The molecule has 1 amide bonds. The van der Waals surface area contributed by atoms with Gasteiger partial charge in [0, 0.05) is 37.6 Å². The van der Waals surface area contributed by atoms with Crippen molar-refractivity contribution < 1.29 is 19.0 Å². The monoisotopic (exact) mass is 467 g/mol. The Kier molecular flexibility index (Phi) is 9.01. The first-order valence-electron chi connectivity index (χ1n) is 12.5. The number of hydrogen-bond acceptors (Lipinski definition) is 4. The highest BCUT2D eigenvalue weighted by molar-refractivity contribution is 5.73. The second kappa shape index (κ2) is 11.7. The molecule has 2 aromatic carbocycles. The molecule has 3 rings (SSSR count). The Morgan fingerprint density at radius 1 is 1.12 bits per heavy atom. The number of para-hydroxylation sites is 1. The van der Waals surface area contributed by atoms with Gasteiger partial charge in [0.25, 0.3) is 0 Å². The first-order chi connectivity index (χ1) is 16.2. The zero-order valence-electron chi connectivity index (χ0n) is 21.7. The maximum absolute atomic E-state index is 12.6. The van der Waals surface area contributed by atoms with Gasteiger partial charge in [-0.05, 0) is 62.8 Å².